The number of hydrogen-bond acceptors (Lipinski definition) is 6. The molecule has 15 heavy (non-hydrogen) atoms. The summed E-state index contributed by atoms with van der Waals surface area (Å²) in [4.78, 5) is 30.3. The molecule has 0 amide bonds. The molecule has 1 saturated heterocycles. The molecule has 7 nitrogen and oxygen atoms in total. The van der Waals surface area contributed by atoms with Gasteiger partial charge in [0, 0.05) is 13.0 Å². The van der Waals surface area contributed by atoms with Crippen molar-refractivity contribution in [3.05, 3.63) is 10.1 Å². The quantitative estimate of drug-likeness (QED) is 0.494. The molecule has 0 bridgehead atoms. The maximum absolute atomic E-state index is 11.0. The molecule has 1 rings (SSSR count). The first kappa shape index (κ1) is 11.7. The average Bonchev–Trinajstić information content (AvgIpc) is 2.62. The summed E-state index contributed by atoms with van der Waals surface area (Å²) in [5.41, 5.74) is 0. The molecule has 0 saturated carbocycles. The van der Waals surface area contributed by atoms with E-state index in [9.17, 15) is 14.9 Å². The van der Waals surface area contributed by atoms with Crippen LogP contribution in [0, 0.1) is 10.1 Å². The van der Waals surface area contributed by atoms with Crippen LogP contribution < -0.4 is 0 Å². The third-order valence-electron chi connectivity index (χ3n) is 2.20. The molecule has 1 fully saturated rings. The summed E-state index contributed by atoms with van der Waals surface area (Å²) >= 11 is 0. The van der Waals surface area contributed by atoms with Crippen molar-refractivity contribution in [1.29, 1.82) is 0 Å². The Labute approximate surface area is 87.0 Å². The van der Waals surface area contributed by atoms with Crippen molar-refractivity contribution in [2.45, 2.75) is 32.2 Å². The highest BCUT2D eigenvalue weighted by Crippen LogP contribution is 2.18. The van der Waals surface area contributed by atoms with Gasteiger partial charge in [-0.05, 0) is 12.8 Å². The van der Waals surface area contributed by atoms with Gasteiger partial charge in [-0.3, -0.25) is 4.79 Å². The number of carbonyl (C=O) groups is 1. The highest BCUT2D eigenvalue weighted by molar-refractivity contribution is 5.68. The van der Waals surface area contributed by atoms with E-state index in [0.29, 0.717) is 13.0 Å². The third-order valence-corrected chi connectivity index (χ3v) is 2.20. The first-order valence-corrected chi connectivity index (χ1v) is 4.88. The van der Waals surface area contributed by atoms with Crippen molar-refractivity contribution in [2.75, 3.05) is 13.2 Å². The van der Waals surface area contributed by atoms with E-state index in [1.807, 2.05) is 0 Å². The van der Waals surface area contributed by atoms with Crippen molar-refractivity contribution >= 4 is 5.97 Å². The van der Waals surface area contributed by atoms with Gasteiger partial charge in [0.15, 0.2) is 0 Å². The average molecular weight is 218 g/mol. The van der Waals surface area contributed by atoms with Gasteiger partial charge in [-0.25, -0.2) is 0 Å². The second kappa shape index (κ2) is 5.50. The topological polar surface area (TPSA) is 81.9 Å². The van der Waals surface area contributed by atoms with Crippen LogP contribution in [0.1, 0.15) is 26.2 Å². The van der Waals surface area contributed by atoms with Gasteiger partial charge in [-0.1, -0.05) is 6.92 Å². The highest BCUT2D eigenvalue weighted by atomic mass is 17.0. The molecular formula is C8H14N2O5. The Balaban J connectivity index is 2.35. The minimum Gasteiger partial charge on any atom is -0.368 e. The SMILES string of the molecule is CCC(=O)ON1CCCC1CO[N+](=O)[O-]. The predicted molar refractivity (Wildman–Crippen MR) is 49.1 cm³/mol. The van der Waals surface area contributed by atoms with Gasteiger partial charge in [-0.2, -0.15) is 0 Å². The molecule has 0 aromatic heterocycles. The van der Waals surface area contributed by atoms with Gasteiger partial charge >= 0.3 is 5.97 Å². The third kappa shape index (κ3) is 3.70. The van der Waals surface area contributed by atoms with E-state index < -0.39 is 5.09 Å². The summed E-state index contributed by atoms with van der Waals surface area (Å²) in [7, 11) is 0. The zero-order chi connectivity index (χ0) is 11.3. The van der Waals surface area contributed by atoms with Gasteiger partial charge in [0.1, 0.15) is 6.61 Å². The van der Waals surface area contributed by atoms with Crippen LogP contribution in [0.25, 0.3) is 0 Å². The lowest BCUT2D eigenvalue weighted by atomic mass is 10.2. The van der Waals surface area contributed by atoms with E-state index in [0.717, 1.165) is 12.8 Å². The Bertz CT molecular complexity index is 245. The van der Waals surface area contributed by atoms with E-state index in [2.05, 4.69) is 4.84 Å². The summed E-state index contributed by atoms with van der Waals surface area (Å²) in [5, 5.41) is 10.6. The Hall–Kier alpha value is -1.37. The molecule has 0 aromatic carbocycles. The number of hydroxylamine groups is 2. The van der Waals surface area contributed by atoms with E-state index in [-0.39, 0.29) is 18.6 Å². The Morgan fingerprint density at radius 3 is 3.00 bits per heavy atom. The van der Waals surface area contributed by atoms with Crippen LogP contribution in [0.4, 0.5) is 0 Å². The van der Waals surface area contributed by atoms with E-state index >= 15 is 0 Å². The molecule has 1 unspecified atom stereocenters. The number of nitrogens with zero attached hydrogens (tertiary/aromatic N) is 2. The minimum absolute atomic E-state index is 0.0516. The lowest BCUT2D eigenvalue weighted by molar-refractivity contribution is -0.759. The molecular weight excluding hydrogens is 204 g/mol. The van der Waals surface area contributed by atoms with Crippen LogP contribution in [-0.2, 0) is 14.5 Å². The molecule has 7 heteroatoms. The molecule has 0 radical (unpaired) electrons. The Morgan fingerprint density at radius 1 is 1.67 bits per heavy atom. The smallest absolute Gasteiger partial charge is 0.324 e. The summed E-state index contributed by atoms with van der Waals surface area (Å²) in [5.74, 6) is -0.331. The second-order valence-electron chi connectivity index (χ2n) is 3.27. The summed E-state index contributed by atoms with van der Waals surface area (Å²) in [6.07, 6.45) is 1.88. The van der Waals surface area contributed by atoms with E-state index in [1.165, 1.54) is 5.06 Å². The van der Waals surface area contributed by atoms with E-state index in [1.54, 1.807) is 6.92 Å². The molecule has 0 aromatic rings. The second-order valence-corrected chi connectivity index (χ2v) is 3.27. The van der Waals surface area contributed by atoms with Crippen molar-refractivity contribution in [3.63, 3.8) is 0 Å². The van der Waals surface area contributed by atoms with Gasteiger partial charge in [0.05, 0.1) is 6.04 Å². The van der Waals surface area contributed by atoms with E-state index in [4.69, 9.17) is 4.84 Å². The van der Waals surface area contributed by atoms with Crippen molar-refractivity contribution in [2.24, 2.45) is 0 Å². The zero-order valence-corrected chi connectivity index (χ0v) is 8.55. The van der Waals surface area contributed by atoms with Gasteiger partial charge in [0.25, 0.3) is 5.09 Å². The van der Waals surface area contributed by atoms with Crippen LogP contribution >= 0.6 is 0 Å². The molecule has 86 valence electrons. The largest absolute Gasteiger partial charge is 0.368 e. The molecule has 1 atom stereocenters. The molecule has 1 heterocycles. The van der Waals surface area contributed by atoms with Crippen molar-refractivity contribution in [1.82, 2.24) is 5.06 Å². The lowest BCUT2D eigenvalue weighted by Crippen LogP contribution is -2.35. The Kier molecular flexibility index (Phi) is 4.29. The molecule has 1 aliphatic heterocycles. The predicted octanol–water partition coefficient (Wildman–Crippen LogP) is 0.527. The standard InChI is InChI=1S/C8H14N2O5/c1-2-8(11)15-9-5-3-4-7(9)6-14-10(12)13/h7H,2-6H2,1H3. The van der Waals surface area contributed by atoms with Crippen molar-refractivity contribution < 1.29 is 19.6 Å². The molecule has 1 aliphatic rings. The first-order chi connectivity index (χ1) is 7.13. The molecule has 0 spiro atoms. The van der Waals surface area contributed by atoms with Gasteiger partial charge in [-0.15, -0.1) is 15.2 Å². The fourth-order valence-electron chi connectivity index (χ4n) is 1.44. The number of rotatable bonds is 5. The number of carbonyl (C=O) groups excluding carboxylic acids is 1. The van der Waals surface area contributed by atoms with Crippen LogP contribution in [-0.4, -0.2) is 35.3 Å². The summed E-state index contributed by atoms with van der Waals surface area (Å²) < 4.78 is 0. The summed E-state index contributed by atoms with van der Waals surface area (Å²) in [6, 6.07) is -0.203. The van der Waals surface area contributed by atoms with Crippen LogP contribution in [0.5, 0.6) is 0 Å². The van der Waals surface area contributed by atoms with Crippen LogP contribution in [0.2, 0.25) is 0 Å². The highest BCUT2D eigenvalue weighted by Gasteiger charge is 2.28. The van der Waals surface area contributed by atoms with Gasteiger partial charge in [0.2, 0.25) is 0 Å². The summed E-state index contributed by atoms with van der Waals surface area (Å²) in [6.45, 7) is 2.25. The minimum atomic E-state index is -0.835. The Morgan fingerprint density at radius 2 is 2.40 bits per heavy atom. The fourth-order valence-corrected chi connectivity index (χ4v) is 1.44. The maximum atomic E-state index is 11.0. The number of hydrogen-bond donors (Lipinski definition) is 0. The van der Waals surface area contributed by atoms with Crippen LogP contribution in [0.3, 0.4) is 0 Å². The van der Waals surface area contributed by atoms with Crippen molar-refractivity contribution in [3.8, 4) is 0 Å². The lowest BCUT2D eigenvalue weighted by Gasteiger charge is -2.21. The van der Waals surface area contributed by atoms with Gasteiger partial charge < -0.3 is 9.68 Å². The molecule has 0 N–H and O–H groups in total. The molecule has 0 aliphatic carbocycles. The fraction of sp³-hybridized carbons (Fsp3) is 0.875. The van der Waals surface area contributed by atoms with Crippen LogP contribution in [0.15, 0.2) is 0 Å². The monoisotopic (exact) mass is 218 g/mol. The first-order valence-electron chi connectivity index (χ1n) is 4.88. The zero-order valence-electron chi connectivity index (χ0n) is 8.55. The normalized spacial score (nSPS) is 21.3. The maximum Gasteiger partial charge on any atom is 0.324 e.